The summed E-state index contributed by atoms with van der Waals surface area (Å²) in [6, 6.07) is 5.11. The number of carbonyl (C=O) groups is 1. The first-order valence-corrected chi connectivity index (χ1v) is 4.72. The number of carbonyl (C=O) groups excluding carboxylic acids is 1. The van der Waals surface area contributed by atoms with E-state index < -0.39 is 12.2 Å². The number of benzene rings is 1. The first-order chi connectivity index (χ1) is 7.04. The molecular weight excluding hydrogens is 218 g/mol. The molecular formula is C10H12ClNO3. The van der Waals surface area contributed by atoms with Crippen LogP contribution in [0, 0.1) is 0 Å². The number of nitrogens with two attached hydrogens (primary N) is 1. The molecule has 0 bridgehead atoms. The molecule has 1 atom stereocenters. The van der Waals surface area contributed by atoms with E-state index in [0.717, 1.165) is 0 Å². The van der Waals surface area contributed by atoms with E-state index in [4.69, 9.17) is 26.8 Å². The fourth-order valence-electron chi connectivity index (χ4n) is 1.20. The fraction of sp³-hybridized carbons (Fsp3) is 0.300. The summed E-state index contributed by atoms with van der Waals surface area (Å²) in [4.78, 5) is 10.6. The van der Waals surface area contributed by atoms with Gasteiger partial charge in [-0.25, -0.2) is 4.79 Å². The molecule has 0 saturated heterocycles. The number of hydrogen-bond acceptors (Lipinski definition) is 3. The number of methoxy groups -OCH3 is 1. The molecule has 1 aromatic carbocycles. The van der Waals surface area contributed by atoms with E-state index in [1.807, 2.05) is 0 Å². The van der Waals surface area contributed by atoms with Gasteiger partial charge in [0.05, 0.1) is 7.11 Å². The minimum Gasteiger partial charge on any atom is -0.497 e. The Labute approximate surface area is 92.9 Å². The van der Waals surface area contributed by atoms with E-state index in [0.29, 0.717) is 16.3 Å². The van der Waals surface area contributed by atoms with E-state index in [1.165, 1.54) is 0 Å². The second kappa shape index (κ2) is 4.89. The molecule has 0 saturated carbocycles. The maximum Gasteiger partial charge on any atom is 0.405 e. The smallest absolute Gasteiger partial charge is 0.405 e. The fourth-order valence-corrected chi connectivity index (χ4v) is 1.47. The number of hydrogen-bond donors (Lipinski definition) is 1. The van der Waals surface area contributed by atoms with Crippen molar-refractivity contribution in [2.75, 3.05) is 7.11 Å². The van der Waals surface area contributed by atoms with Crippen LogP contribution >= 0.6 is 11.6 Å². The van der Waals surface area contributed by atoms with Crippen molar-refractivity contribution in [3.63, 3.8) is 0 Å². The molecule has 0 aliphatic carbocycles. The van der Waals surface area contributed by atoms with Gasteiger partial charge >= 0.3 is 6.09 Å². The van der Waals surface area contributed by atoms with Crippen molar-refractivity contribution in [2.24, 2.45) is 5.73 Å². The van der Waals surface area contributed by atoms with Crippen LogP contribution < -0.4 is 10.5 Å². The highest BCUT2D eigenvalue weighted by Crippen LogP contribution is 2.29. The molecule has 0 spiro atoms. The lowest BCUT2D eigenvalue weighted by Crippen LogP contribution is -2.15. The van der Waals surface area contributed by atoms with Gasteiger partial charge in [0.2, 0.25) is 0 Å². The van der Waals surface area contributed by atoms with Crippen LogP contribution in [-0.4, -0.2) is 13.2 Å². The van der Waals surface area contributed by atoms with Crippen molar-refractivity contribution >= 4 is 17.7 Å². The Morgan fingerprint density at radius 1 is 1.53 bits per heavy atom. The van der Waals surface area contributed by atoms with Gasteiger partial charge < -0.3 is 15.2 Å². The largest absolute Gasteiger partial charge is 0.497 e. The summed E-state index contributed by atoms with van der Waals surface area (Å²) in [5.74, 6) is 0.648. The van der Waals surface area contributed by atoms with Crippen LogP contribution in [0.2, 0.25) is 5.02 Å². The van der Waals surface area contributed by atoms with Crippen molar-refractivity contribution < 1.29 is 14.3 Å². The molecule has 1 rings (SSSR count). The minimum atomic E-state index is -0.832. The van der Waals surface area contributed by atoms with Gasteiger partial charge in [-0.15, -0.1) is 0 Å². The summed E-state index contributed by atoms with van der Waals surface area (Å²) in [5.41, 5.74) is 5.58. The number of primary amides is 1. The average molecular weight is 230 g/mol. The van der Waals surface area contributed by atoms with Gasteiger partial charge in [-0.3, -0.25) is 0 Å². The Hall–Kier alpha value is -1.42. The van der Waals surface area contributed by atoms with Crippen molar-refractivity contribution in [1.82, 2.24) is 0 Å². The third-order valence-corrected chi connectivity index (χ3v) is 2.28. The molecule has 2 N–H and O–H groups in total. The molecule has 0 aromatic heterocycles. The molecule has 15 heavy (non-hydrogen) atoms. The van der Waals surface area contributed by atoms with E-state index in [9.17, 15) is 4.79 Å². The van der Waals surface area contributed by atoms with Gasteiger partial charge in [-0.05, 0) is 25.1 Å². The van der Waals surface area contributed by atoms with E-state index in [-0.39, 0.29) is 0 Å². The molecule has 1 aromatic rings. The summed E-state index contributed by atoms with van der Waals surface area (Å²) in [6.07, 6.45) is -1.33. The summed E-state index contributed by atoms with van der Waals surface area (Å²) in [7, 11) is 1.55. The van der Waals surface area contributed by atoms with Crippen molar-refractivity contribution in [2.45, 2.75) is 13.0 Å². The third-order valence-electron chi connectivity index (χ3n) is 1.93. The van der Waals surface area contributed by atoms with E-state index in [1.54, 1.807) is 32.2 Å². The number of ether oxygens (including phenoxy) is 2. The summed E-state index contributed by atoms with van der Waals surface area (Å²) >= 11 is 5.94. The van der Waals surface area contributed by atoms with Crippen molar-refractivity contribution in [3.8, 4) is 5.75 Å². The highest BCUT2D eigenvalue weighted by molar-refractivity contribution is 6.31. The van der Waals surface area contributed by atoms with Gasteiger partial charge in [0.15, 0.2) is 0 Å². The molecule has 0 radical (unpaired) electrons. The lowest BCUT2D eigenvalue weighted by atomic mass is 10.1. The summed E-state index contributed by atoms with van der Waals surface area (Å²) in [6.45, 7) is 1.69. The Bertz CT molecular complexity index is 368. The normalized spacial score (nSPS) is 11.9. The predicted molar refractivity (Wildman–Crippen MR) is 57.1 cm³/mol. The highest BCUT2D eigenvalue weighted by atomic mass is 35.5. The van der Waals surface area contributed by atoms with Crippen LogP contribution in [0.4, 0.5) is 4.79 Å². The quantitative estimate of drug-likeness (QED) is 0.866. The SMILES string of the molecule is COc1ccc(Cl)c([C@@H](C)OC(N)=O)c1. The van der Waals surface area contributed by atoms with Crippen molar-refractivity contribution in [1.29, 1.82) is 0 Å². The standard InChI is InChI=1S/C10H12ClNO3/c1-6(15-10(12)13)8-5-7(14-2)3-4-9(8)11/h3-6H,1-2H3,(H2,12,13)/t6-/m1/s1. The second-order valence-corrected chi connectivity index (χ2v) is 3.37. The monoisotopic (exact) mass is 229 g/mol. The summed E-state index contributed by atoms with van der Waals surface area (Å²) < 4.78 is 9.85. The average Bonchev–Trinajstić information content (AvgIpc) is 2.17. The Morgan fingerprint density at radius 2 is 2.20 bits per heavy atom. The van der Waals surface area contributed by atoms with Gasteiger partial charge in [0.25, 0.3) is 0 Å². The zero-order chi connectivity index (χ0) is 11.4. The molecule has 5 heteroatoms. The van der Waals surface area contributed by atoms with Crippen LogP contribution in [0.5, 0.6) is 5.75 Å². The van der Waals surface area contributed by atoms with Gasteiger partial charge in [-0.1, -0.05) is 11.6 Å². The Kier molecular flexibility index (Phi) is 3.80. The topological polar surface area (TPSA) is 61.6 Å². The Balaban J connectivity index is 2.95. The maximum absolute atomic E-state index is 10.6. The molecule has 82 valence electrons. The molecule has 0 aliphatic rings. The highest BCUT2D eigenvalue weighted by Gasteiger charge is 2.13. The number of rotatable bonds is 3. The molecule has 4 nitrogen and oxygen atoms in total. The first-order valence-electron chi connectivity index (χ1n) is 4.34. The zero-order valence-electron chi connectivity index (χ0n) is 8.49. The number of halogens is 1. The lowest BCUT2D eigenvalue weighted by molar-refractivity contribution is 0.116. The van der Waals surface area contributed by atoms with Gasteiger partial charge in [-0.2, -0.15) is 0 Å². The van der Waals surface area contributed by atoms with Gasteiger partial charge in [0.1, 0.15) is 11.9 Å². The molecule has 0 heterocycles. The Morgan fingerprint density at radius 3 is 2.73 bits per heavy atom. The van der Waals surface area contributed by atoms with Crippen LogP contribution in [0.1, 0.15) is 18.6 Å². The van der Waals surface area contributed by atoms with Crippen LogP contribution in [-0.2, 0) is 4.74 Å². The van der Waals surface area contributed by atoms with Crippen molar-refractivity contribution in [3.05, 3.63) is 28.8 Å². The molecule has 0 unspecified atom stereocenters. The predicted octanol–water partition coefficient (Wildman–Crippen LogP) is 2.50. The van der Waals surface area contributed by atoms with Crippen LogP contribution in [0.3, 0.4) is 0 Å². The lowest BCUT2D eigenvalue weighted by Gasteiger charge is -2.14. The minimum absolute atomic E-state index is 0.495. The third kappa shape index (κ3) is 3.02. The number of amides is 1. The van der Waals surface area contributed by atoms with Gasteiger partial charge in [0, 0.05) is 10.6 Å². The van der Waals surface area contributed by atoms with E-state index >= 15 is 0 Å². The first kappa shape index (κ1) is 11.7. The van der Waals surface area contributed by atoms with Crippen LogP contribution in [0.15, 0.2) is 18.2 Å². The summed E-state index contributed by atoms with van der Waals surface area (Å²) in [5, 5.41) is 0.504. The van der Waals surface area contributed by atoms with Crippen LogP contribution in [0.25, 0.3) is 0 Å². The maximum atomic E-state index is 10.6. The zero-order valence-corrected chi connectivity index (χ0v) is 9.25. The second-order valence-electron chi connectivity index (χ2n) is 2.97. The molecule has 0 aliphatic heterocycles. The van der Waals surface area contributed by atoms with E-state index in [2.05, 4.69) is 0 Å². The molecule has 1 amide bonds. The molecule has 0 fully saturated rings.